The molecule has 12 heavy (non-hydrogen) atoms. The van der Waals surface area contributed by atoms with Gasteiger partial charge in [-0.05, 0) is 0 Å². The van der Waals surface area contributed by atoms with Crippen LogP contribution in [0.4, 0.5) is 0 Å². The SMILES string of the molecule is O=C(O)[C@H]1NC[C@@H](O)[C@@H](O)[C@@H]1O. The first kappa shape index (κ1) is 9.40. The molecule has 1 saturated heterocycles. The van der Waals surface area contributed by atoms with E-state index in [1.54, 1.807) is 0 Å². The van der Waals surface area contributed by atoms with E-state index >= 15 is 0 Å². The van der Waals surface area contributed by atoms with Gasteiger partial charge in [0.2, 0.25) is 0 Å². The molecule has 0 aromatic rings. The average Bonchev–Trinajstić information content (AvgIpc) is 2.00. The number of carbonyl (C=O) groups is 1. The van der Waals surface area contributed by atoms with Crippen molar-refractivity contribution < 1.29 is 25.2 Å². The van der Waals surface area contributed by atoms with Gasteiger partial charge >= 0.3 is 5.97 Å². The normalized spacial score (nSPS) is 42.6. The van der Waals surface area contributed by atoms with E-state index < -0.39 is 30.3 Å². The highest BCUT2D eigenvalue weighted by Gasteiger charge is 2.39. The maximum atomic E-state index is 10.4. The van der Waals surface area contributed by atoms with Crippen molar-refractivity contribution in [2.75, 3.05) is 6.54 Å². The van der Waals surface area contributed by atoms with E-state index in [1.807, 2.05) is 0 Å². The van der Waals surface area contributed by atoms with Gasteiger partial charge in [0.15, 0.2) is 0 Å². The van der Waals surface area contributed by atoms with E-state index in [2.05, 4.69) is 5.32 Å². The van der Waals surface area contributed by atoms with Crippen LogP contribution in [-0.4, -0.2) is 57.3 Å². The van der Waals surface area contributed by atoms with Crippen LogP contribution in [0.1, 0.15) is 0 Å². The highest BCUT2D eigenvalue weighted by molar-refractivity contribution is 5.74. The largest absolute Gasteiger partial charge is 0.480 e. The number of rotatable bonds is 1. The minimum absolute atomic E-state index is 0.0325. The first-order valence-corrected chi connectivity index (χ1v) is 3.54. The number of hydrogen-bond donors (Lipinski definition) is 5. The van der Waals surface area contributed by atoms with E-state index in [0.29, 0.717) is 0 Å². The van der Waals surface area contributed by atoms with Crippen LogP contribution in [0, 0.1) is 0 Å². The summed E-state index contributed by atoms with van der Waals surface area (Å²) in [6.45, 7) is -0.0325. The molecule has 1 aliphatic rings. The van der Waals surface area contributed by atoms with Gasteiger partial charge in [-0.1, -0.05) is 0 Å². The summed E-state index contributed by atoms with van der Waals surface area (Å²) in [5.74, 6) is -1.24. The predicted molar refractivity (Wildman–Crippen MR) is 37.4 cm³/mol. The minimum atomic E-state index is -1.47. The first-order valence-electron chi connectivity index (χ1n) is 3.54. The van der Waals surface area contributed by atoms with Crippen molar-refractivity contribution in [1.29, 1.82) is 0 Å². The molecule has 0 aromatic heterocycles. The molecule has 1 fully saturated rings. The van der Waals surface area contributed by atoms with Crippen molar-refractivity contribution in [1.82, 2.24) is 5.32 Å². The number of piperidine rings is 1. The molecular formula is C6H11NO5. The van der Waals surface area contributed by atoms with E-state index in [1.165, 1.54) is 0 Å². The summed E-state index contributed by atoms with van der Waals surface area (Å²) < 4.78 is 0. The quantitative estimate of drug-likeness (QED) is 0.294. The predicted octanol–water partition coefficient (Wildman–Crippen LogP) is -2.87. The summed E-state index contributed by atoms with van der Waals surface area (Å²) in [6, 6.07) is -1.21. The van der Waals surface area contributed by atoms with Gasteiger partial charge in [0.1, 0.15) is 18.2 Å². The van der Waals surface area contributed by atoms with Crippen LogP contribution in [-0.2, 0) is 4.79 Å². The molecule has 0 amide bonds. The van der Waals surface area contributed by atoms with Crippen LogP contribution in [0.5, 0.6) is 0 Å². The first-order chi connectivity index (χ1) is 5.54. The lowest BCUT2D eigenvalue weighted by Crippen LogP contribution is -2.62. The van der Waals surface area contributed by atoms with Crippen LogP contribution in [0.15, 0.2) is 0 Å². The van der Waals surface area contributed by atoms with Crippen molar-refractivity contribution in [3.63, 3.8) is 0 Å². The number of hydrogen-bond acceptors (Lipinski definition) is 5. The third kappa shape index (κ3) is 1.56. The van der Waals surface area contributed by atoms with Crippen molar-refractivity contribution in [2.45, 2.75) is 24.4 Å². The fraction of sp³-hybridized carbons (Fsp3) is 0.833. The van der Waals surface area contributed by atoms with Gasteiger partial charge in [-0.3, -0.25) is 10.1 Å². The molecule has 0 unspecified atom stereocenters. The van der Waals surface area contributed by atoms with E-state index in [0.717, 1.165) is 0 Å². The van der Waals surface area contributed by atoms with Gasteiger partial charge in [0, 0.05) is 6.54 Å². The van der Waals surface area contributed by atoms with Gasteiger partial charge in [-0.2, -0.15) is 0 Å². The molecule has 0 aliphatic carbocycles. The fourth-order valence-corrected chi connectivity index (χ4v) is 1.15. The highest BCUT2D eigenvalue weighted by atomic mass is 16.4. The van der Waals surface area contributed by atoms with E-state index in [-0.39, 0.29) is 6.54 Å². The molecule has 6 heteroatoms. The standard InChI is InChI=1S/C6H11NO5/c8-2-1-7-3(6(11)12)5(10)4(2)9/h2-5,7-10H,1H2,(H,11,12)/t2-,3+,4-,5-/m1/s1. The van der Waals surface area contributed by atoms with Crippen LogP contribution < -0.4 is 5.32 Å². The Balaban J connectivity index is 2.65. The lowest BCUT2D eigenvalue weighted by molar-refractivity contribution is -0.152. The Kier molecular flexibility index (Phi) is 2.63. The molecule has 0 bridgehead atoms. The van der Waals surface area contributed by atoms with Crippen molar-refractivity contribution in [3.05, 3.63) is 0 Å². The second-order valence-electron chi connectivity index (χ2n) is 2.77. The van der Waals surface area contributed by atoms with Gasteiger partial charge < -0.3 is 20.4 Å². The van der Waals surface area contributed by atoms with Gasteiger partial charge in [0.05, 0.1) is 6.10 Å². The Morgan fingerprint density at radius 1 is 1.25 bits per heavy atom. The number of nitrogens with one attached hydrogen (secondary N) is 1. The van der Waals surface area contributed by atoms with Crippen LogP contribution in [0.2, 0.25) is 0 Å². The van der Waals surface area contributed by atoms with Crippen molar-refractivity contribution in [2.24, 2.45) is 0 Å². The number of aliphatic hydroxyl groups excluding tert-OH is 3. The topological polar surface area (TPSA) is 110 Å². The summed E-state index contributed by atoms with van der Waals surface area (Å²) >= 11 is 0. The Bertz CT molecular complexity index is 185. The molecule has 0 aromatic carbocycles. The summed E-state index contributed by atoms with van der Waals surface area (Å²) in [6.07, 6.45) is -3.98. The van der Waals surface area contributed by atoms with E-state index in [9.17, 15) is 4.79 Å². The third-order valence-electron chi connectivity index (χ3n) is 1.90. The molecule has 1 aliphatic heterocycles. The Morgan fingerprint density at radius 2 is 1.83 bits per heavy atom. The zero-order valence-corrected chi connectivity index (χ0v) is 6.21. The third-order valence-corrected chi connectivity index (χ3v) is 1.90. The Morgan fingerprint density at radius 3 is 2.33 bits per heavy atom. The van der Waals surface area contributed by atoms with Crippen LogP contribution in [0.25, 0.3) is 0 Å². The second-order valence-corrected chi connectivity index (χ2v) is 2.77. The zero-order chi connectivity index (χ0) is 9.30. The van der Waals surface area contributed by atoms with E-state index in [4.69, 9.17) is 20.4 Å². The molecular weight excluding hydrogens is 166 g/mol. The van der Waals surface area contributed by atoms with Crippen LogP contribution >= 0.6 is 0 Å². The number of carboxylic acids is 1. The lowest BCUT2D eigenvalue weighted by atomic mass is 9.96. The molecule has 0 radical (unpaired) electrons. The molecule has 6 nitrogen and oxygen atoms in total. The Hall–Kier alpha value is -0.690. The smallest absolute Gasteiger partial charge is 0.323 e. The van der Waals surface area contributed by atoms with Crippen LogP contribution in [0.3, 0.4) is 0 Å². The summed E-state index contributed by atoms with van der Waals surface area (Å²) in [7, 11) is 0. The zero-order valence-electron chi connectivity index (χ0n) is 6.21. The average molecular weight is 177 g/mol. The number of aliphatic carboxylic acids is 1. The van der Waals surface area contributed by atoms with Gasteiger partial charge in [0.25, 0.3) is 0 Å². The van der Waals surface area contributed by atoms with Crippen molar-refractivity contribution in [3.8, 4) is 0 Å². The second kappa shape index (κ2) is 3.36. The maximum Gasteiger partial charge on any atom is 0.323 e. The fourth-order valence-electron chi connectivity index (χ4n) is 1.15. The molecule has 4 atom stereocenters. The lowest BCUT2D eigenvalue weighted by Gasteiger charge is -2.33. The summed E-state index contributed by atoms with van der Waals surface area (Å²) in [4.78, 5) is 10.4. The molecule has 1 rings (SSSR count). The number of carboxylic acid groups (broad SMARTS) is 1. The molecule has 70 valence electrons. The monoisotopic (exact) mass is 177 g/mol. The summed E-state index contributed by atoms with van der Waals surface area (Å²) in [5.41, 5.74) is 0. The molecule has 1 heterocycles. The van der Waals surface area contributed by atoms with Gasteiger partial charge in [-0.25, -0.2) is 0 Å². The highest BCUT2D eigenvalue weighted by Crippen LogP contribution is 2.10. The molecule has 5 N–H and O–H groups in total. The minimum Gasteiger partial charge on any atom is -0.480 e. The van der Waals surface area contributed by atoms with Crippen molar-refractivity contribution >= 4 is 5.97 Å². The molecule has 0 spiro atoms. The Labute approximate surface area is 68.4 Å². The molecule has 0 saturated carbocycles. The van der Waals surface area contributed by atoms with Gasteiger partial charge in [-0.15, -0.1) is 0 Å². The summed E-state index contributed by atoms with van der Waals surface area (Å²) in [5, 5.41) is 38.1. The maximum absolute atomic E-state index is 10.4. The number of β-amino-alcohol motifs (C(OH)–C–C–N with tert-alkyl or cyclic N) is 1. The number of aliphatic hydroxyl groups is 3.